The second-order valence-corrected chi connectivity index (χ2v) is 5.57. The topological polar surface area (TPSA) is 41.6 Å². The van der Waals surface area contributed by atoms with Crippen LogP contribution in [0.1, 0.15) is 27.7 Å². The lowest BCUT2D eigenvalue weighted by atomic mass is 9.93. The summed E-state index contributed by atoms with van der Waals surface area (Å²) in [7, 11) is 0. The third-order valence-corrected chi connectivity index (χ3v) is 3.08. The van der Waals surface area contributed by atoms with Gasteiger partial charge in [-0.05, 0) is 19.8 Å². The molecule has 17 heavy (non-hydrogen) atoms. The van der Waals surface area contributed by atoms with Crippen LogP contribution in [0.4, 0.5) is 4.79 Å². The van der Waals surface area contributed by atoms with Crippen molar-refractivity contribution >= 4 is 6.09 Å². The van der Waals surface area contributed by atoms with Gasteiger partial charge in [0.2, 0.25) is 0 Å². The Bertz CT molecular complexity index is 287. The number of carbonyl (C=O) groups excluding carboxylic acids is 1. The molecule has 4 heteroatoms. The minimum atomic E-state index is -0.238. The highest BCUT2D eigenvalue weighted by Crippen LogP contribution is 2.21. The van der Waals surface area contributed by atoms with Crippen LogP contribution in [-0.2, 0) is 4.74 Å². The lowest BCUT2D eigenvalue weighted by Gasteiger charge is -2.45. The summed E-state index contributed by atoms with van der Waals surface area (Å²) in [4.78, 5) is 13.8. The number of nitrogens with zero attached hydrogens (tertiary/aromatic N) is 1. The molecule has 1 heterocycles. The minimum absolute atomic E-state index is 0.0570. The molecule has 0 aliphatic carbocycles. The fraction of sp³-hybridized carbons (Fsp3) is 0.769. The van der Waals surface area contributed by atoms with Crippen molar-refractivity contribution in [2.45, 2.75) is 39.3 Å². The van der Waals surface area contributed by atoms with Gasteiger partial charge in [0.1, 0.15) is 6.61 Å². The average Bonchev–Trinajstić information content (AvgIpc) is 2.24. The Hall–Kier alpha value is -1.03. The zero-order chi connectivity index (χ0) is 13.1. The number of carbonyl (C=O) groups is 1. The molecule has 0 bridgehead atoms. The number of ether oxygens (including phenoxy) is 1. The molecule has 1 amide bonds. The van der Waals surface area contributed by atoms with Gasteiger partial charge in [-0.2, -0.15) is 0 Å². The lowest BCUT2D eigenvalue weighted by molar-refractivity contribution is 0.0463. The summed E-state index contributed by atoms with van der Waals surface area (Å²) in [5.41, 5.74) is -0.0570. The van der Waals surface area contributed by atoms with Crippen LogP contribution in [0.25, 0.3) is 0 Å². The van der Waals surface area contributed by atoms with E-state index >= 15 is 0 Å². The highest BCUT2D eigenvalue weighted by Gasteiger charge is 2.37. The first-order chi connectivity index (χ1) is 7.87. The van der Waals surface area contributed by atoms with E-state index in [9.17, 15) is 4.79 Å². The van der Waals surface area contributed by atoms with E-state index in [0.29, 0.717) is 12.5 Å². The average molecular weight is 240 g/mol. The van der Waals surface area contributed by atoms with Crippen molar-refractivity contribution in [1.29, 1.82) is 0 Å². The maximum atomic E-state index is 12.0. The number of hydrogen-bond acceptors (Lipinski definition) is 3. The van der Waals surface area contributed by atoms with Crippen LogP contribution in [0, 0.1) is 5.92 Å². The first kappa shape index (κ1) is 14.0. The normalized spacial score (nSPS) is 23.6. The van der Waals surface area contributed by atoms with Gasteiger partial charge in [0.05, 0.1) is 0 Å². The van der Waals surface area contributed by atoms with Gasteiger partial charge in [-0.3, -0.25) is 0 Å². The predicted molar refractivity (Wildman–Crippen MR) is 69.0 cm³/mol. The quantitative estimate of drug-likeness (QED) is 0.767. The monoisotopic (exact) mass is 240 g/mol. The van der Waals surface area contributed by atoms with Crippen molar-refractivity contribution in [1.82, 2.24) is 10.2 Å². The number of hydrogen-bond donors (Lipinski definition) is 1. The van der Waals surface area contributed by atoms with Crippen molar-refractivity contribution in [2.75, 3.05) is 19.7 Å². The Morgan fingerprint density at radius 2 is 2.29 bits per heavy atom. The molecule has 0 aromatic heterocycles. The molecular formula is C13H24N2O2. The number of rotatable bonds is 3. The summed E-state index contributed by atoms with van der Waals surface area (Å²) in [5, 5.41) is 3.46. The van der Waals surface area contributed by atoms with Gasteiger partial charge >= 0.3 is 6.09 Å². The van der Waals surface area contributed by atoms with Crippen LogP contribution >= 0.6 is 0 Å². The van der Waals surface area contributed by atoms with Crippen LogP contribution in [0.5, 0.6) is 0 Å². The molecule has 1 N–H and O–H groups in total. The molecule has 0 aromatic rings. The van der Waals surface area contributed by atoms with Crippen LogP contribution in [0.15, 0.2) is 12.7 Å². The van der Waals surface area contributed by atoms with Crippen LogP contribution in [0.3, 0.4) is 0 Å². The molecule has 98 valence electrons. The highest BCUT2D eigenvalue weighted by molar-refractivity contribution is 5.68. The lowest BCUT2D eigenvalue weighted by Crippen LogP contribution is -2.64. The summed E-state index contributed by atoms with van der Waals surface area (Å²) < 4.78 is 5.15. The molecule has 0 spiro atoms. The van der Waals surface area contributed by atoms with Gasteiger partial charge in [0, 0.05) is 24.7 Å². The van der Waals surface area contributed by atoms with Crippen molar-refractivity contribution < 1.29 is 9.53 Å². The van der Waals surface area contributed by atoms with Crippen molar-refractivity contribution in [3.05, 3.63) is 12.7 Å². The zero-order valence-electron chi connectivity index (χ0n) is 11.3. The van der Waals surface area contributed by atoms with E-state index in [1.807, 2.05) is 4.90 Å². The van der Waals surface area contributed by atoms with Crippen molar-refractivity contribution in [3.8, 4) is 0 Å². The molecule has 0 aromatic carbocycles. The van der Waals surface area contributed by atoms with Crippen LogP contribution in [0.2, 0.25) is 0 Å². The van der Waals surface area contributed by atoms with Gasteiger partial charge in [-0.1, -0.05) is 26.5 Å². The molecule has 0 radical (unpaired) electrons. The van der Waals surface area contributed by atoms with Gasteiger partial charge in [-0.15, -0.1) is 0 Å². The number of piperazine rings is 1. The van der Waals surface area contributed by atoms with Crippen molar-refractivity contribution in [3.63, 3.8) is 0 Å². The zero-order valence-corrected chi connectivity index (χ0v) is 11.3. The van der Waals surface area contributed by atoms with E-state index in [-0.39, 0.29) is 24.3 Å². The summed E-state index contributed by atoms with van der Waals surface area (Å²) in [6.45, 7) is 13.7. The Balaban J connectivity index is 2.73. The first-order valence-electron chi connectivity index (χ1n) is 6.16. The van der Waals surface area contributed by atoms with E-state index in [1.165, 1.54) is 0 Å². The standard InChI is InChI=1S/C13H24N2O2/c1-6-7-17-12(16)15-9-13(4,5)14-8-11(15)10(2)3/h6,10-11,14H,1,7-9H2,2-5H3. The second-order valence-electron chi connectivity index (χ2n) is 5.57. The first-order valence-corrected chi connectivity index (χ1v) is 6.16. The molecule has 1 rings (SSSR count). The molecule has 1 unspecified atom stereocenters. The van der Waals surface area contributed by atoms with Gasteiger partial charge < -0.3 is 15.0 Å². The summed E-state index contributed by atoms with van der Waals surface area (Å²) in [5.74, 6) is 0.412. The van der Waals surface area contributed by atoms with E-state index in [2.05, 4.69) is 39.6 Å². The van der Waals surface area contributed by atoms with E-state index in [4.69, 9.17) is 4.74 Å². The molecule has 1 saturated heterocycles. The maximum absolute atomic E-state index is 12.0. The minimum Gasteiger partial charge on any atom is -0.445 e. The molecule has 1 fully saturated rings. The van der Waals surface area contributed by atoms with Crippen LogP contribution in [-0.4, -0.2) is 42.3 Å². The Labute approximate surface area is 104 Å². The summed E-state index contributed by atoms with van der Waals surface area (Å²) in [6.07, 6.45) is 1.36. The number of nitrogens with one attached hydrogen (secondary N) is 1. The van der Waals surface area contributed by atoms with E-state index in [1.54, 1.807) is 6.08 Å². The smallest absolute Gasteiger partial charge is 0.410 e. The summed E-state index contributed by atoms with van der Waals surface area (Å²) >= 11 is 0. The fourth-order valence-electron chi connectivity index (χ4n) is 2.10. The van der Waals surface area contributed by atoms with Gasteiger partial charge in [0.25, 0.3) is 0 Å². The van der Waals surface area contributed by atoms with Crippen molar-refractivity contribution in [2.24, 2.45) is 5.92 Å². The SMILES string of the molecule is C=CCOC(=O)N1CC(C)(C)NCC1C(C)C. The molecule has 4 nitrogen and oxygen atoms in total. The third-order valence-electron chi connectivity index (χ3n) is 3.08. The number of amides is 1. The molecule has 0 saturated carbocycles. The predicted octanol–water partition coefficient (Wildman–Crippen LogP) is 2.02. The second kappa shape index (κ2) is 5.54. The van der Waals surface area contributed by atoms with E-state index in [0.717, 1.165) is 6.54 Å². The van der Waals surface area contributed by atoms with E-state index < -0.39 is 0 Å². The highest BCUT2D eigenvalue weighted by atomic mass is 16.6. The van der Waals surface area contributed by atoms with Gasteiger partial charge in [-0.25, -0.2) is 4.79 Å². The largest absolute Gasteiger partial charge is 0.445 e. The Morgan fingerprint density at radius 1 is 1.65 bits per heavy atom. The Kier molecular flexibility index (Phi) is 4.57. The maximum Gasteiger partial charge on any atom is 0.410 e. The molecular weight excluding hydrogens is 216 g/mol. The fourth-order valence-corrected chi connectivity index (χ4v) is 2.10. The molecule has 1 aliphatic rings. The Morgan fingerprint density at radius 3 is 2.82 bits per heavy atom. The molecule has 1 aliphatic heterocycles. The third kappa shape index (κ3) is 3.73. The summed E-state index contributed by atoms with van der Waals surface area (Å²) in [6, 6.07) is 0.195. The molecule has 1 atom stereocenters. The van der Waals surface area contributed by atoms with Crippen LogP contribution < -0.4 is 5.32 Å². The van der Waals surface area contributed by atoms with Gasteiger partial charge in [0.15, 0.2) is 0 Å².